The SMILES string of the molecule is CC(C)c1cc(C(=O)N2CCC[C@]2(C)Cc2ccccc2)no1. The summed E-state index contributed by atoms with van der Waals surface area (Å²) in [5.74, 6) is 0.979. The molecule has 1 fully saturated rings. The Hall–Kier alpha value is -2.10. The van der Waals surface area contributed by atoms with E-state index in [0.717, 1.165) is 31.6 Å². The van der Waals surface area contributed by atoms with Crippen molar-refractivity contribution in [1.82, 2.24) is 10.1 Å². The van der Waals surface area contributed by atoms with Crippen molar-refractivity contribution in [3.63, 3.8) is 0 Å². The first kappa shape index (κ1) is 15.8. The van der Waals surface area contributed by atoms with E-state index in [0.29, 0.717) is 5.69 Å². The summed E-state index contributed by atoms with van der Waals surface area (Å²) in [7, 11) is 0. The molecule has 2 heterocycles. The average molecular weight is 312 g/mol. The maximum Gasteiger partial charge on any atom is 0.276 e. The molecule has 1 aliphatic rings. The minimum Gasteiger partial charge on any atom is -0.360 e. The van der Waals surface area contributed by atoms with Gasteiger partial charge in [-0.15, -0.1) is 0 Å². The van der Waals surface area contributed by atoms with Crippen molar-refractivity contribution in [2.75, 3.05) is 6.54 Å². The van der Waals surface area contributed by atoms with E-state index in [9.17, 15) is 4.79 Å². The molecule has 23 heavy (non-hydrogen) atoms. The quantitative estimate of drug-likeness (QED) is 0.856. The van der Waals surface area contributed by atoms with E-state index in [4.69, 9.17) is 4.52 Å². The van der Waals surface area contributed by atoms with Gasteiger partial charge < -0.3 is 9.42 Å². The van der Waals surface area contributed by atoms with Gasteiger partial charge in [-0.3, -0.25) is 4.79 Å². The van der Waals surface area contributed by atoms with Crippen LogP contribution in [0.25, 0.3) is 0 Å². The predicted molar refractivity (Wildman–Crippen MR) is 89.4 cm³/mol. The van der Waals surface area contributed by atoms with Gasteiger partial charge in [-0.1, -0.05) is 49.3 Å². The Morgan fingerprint density at radius 2 is 2.09 bits per heavy atom. The van der Waals surface area contributed by atoms with E-state index in [-0.39, 0.29) is 17.4 Å². The lowest BCUT2D eigenvalue weighted by atomic mass is 9.90. The smallest absolute Gasteiger partial charge is 0.276 e. The topological polar surface area (TPSA) is 46.3 Å². The largest absolute Gasteiger partial charge is 0.360 e. The highest BCUT2D eigenvalue weighted by Gasteiger charge is 2.40. The third-order valence-corrected chi connectivity index (χ3v) is 4.74. The zero-order valence-corrected chi connectivity index (χ0v) is 14.1. The number of carbonyl (C=O) groups excluding carboxylic acids is 1. The number of aromatic nitrogens is 1. The van der Waals surface area contributed by atoms with E-state index in [2.05, 4.69) is 24.2 Å². The molecule has 2 aromatic rings. The van der Waals surface area contributed by atoms with Crippen LogP contribution in [-0.2, 0) is 6.42 Å². The van der Waals surface area contributed by atoms with E-state index in [1.165, 1.54) is 5.56 Å². The van der Waals surface area contributed by atoms with Crippen LogP contribution in [-0.4, -0.2) is 28.0 Å². The highest BCUT2D eigenvalue weighted by molar-refractivity contribution is 5.93. The van der Waals surface area contributed by atoms with Crippen molar-refractivity contribution in [2.45, 2.75) is 51.5 Å². The van der Waals surface area contributed by atoms with Crippen LogP contribution in [0.15, 0.2) is 40.9 Å². The first-order valence-electron chi connectivity index (χ1n) is 8.32. The van der Waals surface area contributed by atoms with Crippen LogP contribution in [0.1, 0.15) is 61.3 Å². The fraction of sp³-hybridized carbons (Fsp3) is 0.474. The highest BCUT2D eigenvalue weighted by atomic mass is 16.5. The van der Waals surface area contributed by atoms with Gasteiger partial charge in [-0.25, -0.2) is 0 Å². The van der Waals surface area contributed by atoms with Gasteiger partial charge in [0.25, 0.3) is 5.91 Å². The summed E-state index contributed by atoms with van der Waals surface area (Å²) in [6, 6.07) is 12.2. The van der Waals surface area contributed by atoms with Crippen LogP contribution in [0.5, 0.6) is 0 Å². The normalized spacial score (nSPS) is 21.1. The number of benzene rings is 1. The molecule has 1 aromatic heterocycles. The molecule has 4 nitrogen and oxygen atoms in total. The van der Waals surface area contributed by atoms with E-state index in [1.54, 1.807) is 6.07 Å². The lowest BCUT2D eigenvalue weighted by Gasteiger charge is -2.35. The molecule has 1 atom stereocenters. The molecule has 0 bridgehead atoms. The number of amides is 1. The van der Waals surface area contributed by atoms with Crippen LogP contribution in [0.4, 0.5) is 0 Å². The molecule has 4 heteroatoms. The summed E-state index contributed by atoms with van der Waals surface area (Å²) in [5, 5.41) is 3.99. The maximum atomic E-state index is 12.9. The molecule has 122 valence electrons. The molecule has 1 aliphatic heterocycles. The first-order chi connectivity index (χ1) is 11.0. The van der Waals surface area contributed by atoms with Gasteiger partial charge in [0.2, 0.25) is 0 Å². The van der Waals surface area contributed by atoms with Crippen LogP contribution in [0.3, 0.4) is 0 Å². The van der Waals surface area contributed by atoms with Gasteiger partial charge in [0.1, 0.15) is 5.76 Å². The third kappa shape index (κ3) is 3.16. The van der Waals surface area contributed by atoms with Crippen molar-refractivity contribution < 1.29 is 9.32 Å². The molecular formula is C19H24N2O2. The van der Waals surface area contributed by atoms with Gasteiger partial charge in [0, 0.05) is 24.1 Å². The highest BCUT2D eigenvalue weighted by Crippen LogP contribution is 2.33. The molecule has 0 N–H and O–H groups in total. The van der Waals surface area contributed by atoms with E-state index in [1.807, 2.05) is 36.9 Å². The molecule has 0 spiro atoms. The second kappa shape index (κ2) is 6.19. The van der Waals surface area contributed by atoms with Gasteiger partial charge in [-0.2, -0.15) is 0 Å². The predicted octanol–water partition coefficient (Wildman–Crippen LogP) is 4.04. The standard InChI is InChI=1S/C19H24N2O2/c1-14(2)17-12-16(20-23-17)18(22)21-11-7-10-19(21,3)13-15-8-5-4-6-9-15/h4-6,8-9,12,14H,7,10-11,13H2,1-3H3/t19-/m1/s1. The minimum absolute atomic E-state index is 0.0171. The van der Waals surface area contributed by atoms with Crippen molar-refractivity contribution >= 4 is 5.91 Å². The van der Waals surface area contributed by atoms with E-state index >= 15 is 0 Å². The summed E-state index contributed by atoms with van der Waals surface area (Å²) in [6.45, 7) is 7.02. The van der Waals surface area contributed by atoms with Crippen LogP contribution < -0.4 is 0 Å². The molecular weight excluding hydrogens is 288 g/mol. The van der Waals surface area contributed by atoms with Gasteiger partial charge >= 0.3 is 0 Å². The Labute approximate surface area is 137 Å². The second-order valence-electron chi connectivity index (χ2n) is 6.99. The number of rotatable bonds is 4. The van der Waals surface area contributed by atoms with Crippen molar-refractivity contribution in [2.24, 2.45) is 0 Å². The maximum absolute atomic E-state index is 12.9. The van der Waals surface area contributed by atoms with Crippen LogP contribution in [0.2, 0.25) is 0 Å². The molecule has 1 aromatic carbocycles. The minimum atomic E-state index is -0.157. The molecule has 1 saturated heterocycles. The third-order valence-electron chi connectivity index (χ3n) is 4.74. The monoisotopic (exact) mass is 312 g/mol. The van der Waals surface area contributed by atoms with Crippen LogP contribution >= 0.6 is 0 Å². The Kier molecular flexibility index (Phi) is 4.24. The molecule has 1 amide bonds. The van der Waals surface area contributed by atoms with Gasteiger partial charge in [0.05, 0.1) is 0 Å². The van der Waals surface area contributed by atoms with Crippen molar-refractivity contribution in [3.05, 3.63) is 53.4 Å². The van der Waals surface area contributed by atoms with Crippen molar-refractivity contribution in [1.29, 1.82) is 0 Å². The summed E-state index contributed by atoms with van der Waals surface area (Å²) >= 11 is 0. The first-order valence-corrected chi connectivity index (χ1v) is 8.32. The van der Waals surface area contributed by atoms with E-state index < -0.39 is 0 Å². The van der Waals surface area contributed by atoms with Gasteiger partial charge in [-0.05, 0) is 31.7 Å². The Balaban J connectivity index is 1.81. The number of hydrogen-bond donors (Lipinski definition) is 0. The fourth-order valence-corrected chi connectivity index (χ4v) is 3.39. The Bertz CT molecular complexity index is 678. The number of hydrogen-bond acceptors (Lipinski definition) is 3. The summed E-state index contributed by atoms with van der Waals surface area (Å²) in [5.41, 5.74) is 1.53. The number of nitrogens with zero attached hydrogens (tertiary/aromatic N) is 2. The zero-order chi connectivity index (χ0) is 16.4. The zero-order valence-electron chi connectivity index (χ0n) is 14.1. The molecule has 0 unspecified atom stereocenters. The summed E-state index contributed by atoms with van der Waals surface area (Å²) in [6.07, 6.45) is 2.92. The molecule has 0 aliphatic carbocycles. The Morgan fingerprint density at radius 3 is 2.74 bits per heavy atom. The lowest BCUT2D eigenvalue weighted by molar-refractivity contribution is 0.0613. The molecule has 0 radical (unpaired) electrons. The van der Waals surface area contributed by atoms with Crippen molar-refractivity contribution in [3.8, 4) is 0 Å². The second-order valence-corrected chi connectivity index (χ2v) is 6.99. The number of likely N-dealkylation sites (tertiary alicyclic amines) is 1. The Morgan fingerprint density at radius 1 is 1.35 bits per heavy atom. The average Bonchev–Trinajstić information content (AvgIpc) is 3.15. The fourth-order valence-electron chi connectivity index (χ4n) is 3.39. The lowest BCUT2D eigenvalue weighted by Crippen LogP contribution is -2.46. The summed E-state index contributed by atoms with van der Waals surface area (Å²) < 4.78 is 5.30. The van der Waals surface area contributed by atoms with Gasteiger partial charge in [0.15, 0.2) is 5.69 Å². The summed E-state index contributed by atoms with van der Waals surface area (Å²) in [4.78, 5) is 14.9. The van der Waals surface area contributed by atoms with Crippen LogP contribution in [0, 0.1) is 0 Å². The number of carbonyl (C=O) groups is 1. The molecule has 0 saturated carbocycles. The molecule has 3 rings (SSSR count).